The van der Waals surface area contributed by atoms with E-state index in [4.69, 9.17) is 10.5 Å². The molecule has 0 radical (unpaired) electrons. The summed E-state index contributed by atoms with van der Waals surface area (Å²) in [7, 11) is 0. The number of nitrogen functional groups attached to an aromatic ring is 1. The van der Waals surface area contributed by atoms with Gasteiger partial charge in [-0.1, -0.05) is 35.2 Å². The minimum atomic E-state index is -0.570. The first-order chi connectivity index (χ1) is 10.6. The Morgan fingerprint density at radius 3 is 2.45 bits per heavy atom. The highest BCUT2D eigenvalue weighted by molar-refractivity contribution is 9.10. The fourth-order valence-corrected chi connectivity index (χ4v) is 2.86. The summed E-state index contributed by atoms with van der Waals surface area (Å²) in [6.45, 7) is 1.26. The molecule has 0 unspecified atom stereocenters. The molecule has 1 heterocycles. The average Bonchev–Trinajstić information content (AvgIpc) is 2.46. The van der Waals surface area contributed by atoms with Crippen LogP contribution in [0.2, 0.25) is 0 Å². The number of anilines is 1. The lowest BCUT2D eigenvalue weighted by Gasteiger charge is -2.24. The van der Waals surface area contributed by atoms with Gasteiger partial charge < -0.3 is 15.4 Å². The van der Waals surface area contributed by atoms with Crippen LogP contribution in [0.15, 0.2) is 22.7 Å². The van der Waals surface area contributed by atoms with Crippen LogP contribution < -0.4 is 5.73 Å². The van der Waals surface area contributed by atoms with E-state index in [1.165, 1.54) is 6.42 Å². The van der Waals surface area contributed by atoms with Gasteiger partial charge in [0.15, 0.2) is 6.61 Å². The van der Waals surface area contributed by atoms with Crippen LogP contribution in [0.25, 0.3) is 0 Å². The number of likely N-dealkylation sites (tertiary alicyclic amines) is 1. The van der Waals surface area contributed by atoms with Gasteiger partial charge in [0.05, 0.1) is 5.56 Å². The number of ether oxygens (including phenoxy) is 1. The summed E-state index contributed by atoms with van der Waals surface area (Å²) in [4.78, 5) is 26.0. The van der Waals surface area contributed by atoms with Crippen LogP contribution in [0.3, 0.4) is 0 Å². The second-order valence-electron chi connectivity index (χ2n) is 5.46. The van der Waals surface area contributed by atoms with Gasteiger partial charge in [-0.15, -0.1) is 0 Å². The first-order valence-corrected chi connectivity index (χ1v) is 8.37. The van der Waals surface area contributed by atoms with Crippen molar-refractivity contribution in [3.63, 3.8) is 0 Å². The van der Waals surface area contributed by atoms with Crippen molar-refractivity contribution >= 4 is 33.5 Å². The van der Waals surface area contributed by atoms with E-state index in [-0.39, 0.29) is 18.1 Å². The zero-order valence-electron chi connectivity index (χ0n) is 12.5. The summed E-state index contributed by atoms with van der Waals surface area (Å²) < 4.78 is 5.86. The SMILES string of the molecule is Nc1ccc(Br)cc1C(=O)OCC(=O)N1CCCCCCC1. The van der Waals surface area contributed by atoms with Crippen LogP contribution in [0.4, 0.5) is 5.69 Å². The maximum absolute atomic E-state index is 12.2. The molecule has 1 aromatic carbocycles. The Bertz CT molecular complexity index is 540. The Morgan fingerprint density at radius 1 is 1.14 bits per heavy atom. The number of hydrogen-bond donors (Lipinski definition) is 1. The molecule has 2 rings (SSSR count). The number of nitrogens with two attached hydrogens (primary N) is 1. The molecule has 120 valence electrons. The first-order valence-electron chi connectivity index (χ1n) is 7.58. The highest BCUT2D eigenvalue weighted by Gasteiger charge is 2.18. The number of amides is 1. The second kappa shape index (κ2) is 8.17. The van der Waals surface area contributed by atoms with E-state index in [1.807, 2.05) is 0 Å². The second-order valence-corrected chi connectivity index (χ2v) is 6.37. The van der Waals surface area contributed by atoms with E-state index in [2.05, 4.69) is 15.9 Å². The standard InChI is InChI=1S/C16H21BrN2O3/c17-12-6-7-14(18)13(10-12)16(21)22-11-15(20)19-8-4-2-1-3-5-9-19/h6-7,10H,1-5,8-9,11,18H2. The van der Waals surface area contributed by atoms with E-state index < -0.39 is 5.97 Å². The molecule has 1 aromatic rings. The van der Waals surface area contributed by atoms with Crippen LogP contribution in [0, 0.1) is 0 Å². The van der Waals surface area contributed by atoms with Crippen molar-refractivity contribution in [3.8, 4) is 0 Å². The maximum Gasteiger partial charge on any atom is 0.340 e. The predicted octanol–water partition coefficient (Wildman–Crippen LogP) is 2.98. The third-order valence-electron chi connectivity index (χ3n) is 3.77. The lowest BCUT2D eigenvalue weighted by molar-refractivity contribution is -0.134. The minimum absolute atomic E-state index is 0.135. The van der Waals surface area contributed by atoms with Crippen molar-refractivity contribution in [3.05, 3.63) is 28.2 Å². The number of rotatable bonds is 3. The third-order valence-corrected chi connectivity index (χ3v) is 4.26. The van der Waals surface area contributed by atoms with Crippen LogP contribution in [-0.4, -0.2) is 36.5 Å². The van der Waals surface area contributed by atoms with Crippen LogP contribution in [0.1, 0.15) is 42.5 Å². The zero-order chi connectivity index (χ0) is 15.9. The van der Waals surface area contributed by atoms with Gasteiger partial charge in [0.25, 0.3) is 5.91 Å². The van der Waals surface area contributed by atoms with Crippen molar-refractivity contribution in [2.24, 2.45) is 0 Å². The van der Waals surface area contributed by atoms with Gasteiger partial charge in [0.2, 0.25) is 0 Å². The van der Waals surface area contributed by atoms with E-state index >= 15 is 0 Å². The summed E-state index contributed by atoms with van der Waals surface area (Å²) >= 11 is 3.28. The summed E-state index contributed by atoms with van der Waals surface area (Å²) in [5.41, 5.74) is 6.37. The average molecular weight is 369 g/mol. The highest BCUT2D eigenvalue weighted by atomic mass is 79.9. The Kier molecular flexibility index (Phi) is 6.24. The van der Waals surface area contributed by atoms with Gasteiger partial charge in [0, 0.05) is 23.2 Å². The molecule has 0 saturated carbocycles. The molecule has 0 aliphatic carbocycles. The molecule has 0 bridgehead atoms. The Morgan fingerprint density at radius 2 is 1.77 bits per heavy atom. The van der Waals surface area contributed by atoms with Crippen molar-refractivity contribution in [1.29, 1.82) is 0 Å². The molecule has 1 aliphatic heterocycles. The zero-order valence-corrected chi connectivity index (χ0v) is 14.1. The van der Waals surface area contributed by atoms with Gasteiger partial charge in [0.1, 0.15) is 0 Å². The van der Waals surface area contributed by atoms with Crippen LogP contribution in [0.5, 0.6) is 0 Å². The predicted molar refractivity (Wildman–Crippen MR) is 88.5 cm³/mol. The van der Waals surface area contributed by atoms with E-state index in [9.17, 15) is 9.59 Å². The first kappa shape index (κ1) is 16.8. The molecule has 0 atom stereocenters. The molecule has 6 heteroatoms. The van der Waals surface area contributed by atoms with Crippen molar-refractivity contribution in [2.75, 3.05) is 25.4 Å². The molecular weight excluding hydrogens is 348 g/mol. The molecule has 22 heavy (non-hydrogen) atoms. The third kappa shape index (κ3) is 4.73. The highest BCUT2D eigenvalue weighted by Crippen LogP contribution is 2.19. The number of carbonyl (C=O) groups excluding carboxylic acids is 2. The topological polar surface area (TPSA) is 72.6 Å². The maximum atomic E-state index is 12.2. The largest absolute Gasteiger partial charge is 0.452 e. The van der Waals surface area contributed by atoms with Gasteiger partial charge in [-0.3, -0.25) is 4.79 Å². The Balaban J connectivity index is 1.89. The lowest BCUT2D eigenvalue weighted by atomic mass is 10.1. The normalized spacial score (nSPS) is 15.8. The summed E-state index contributed by atoms with van der Waals surface area (Å²) in [6.07, 6.45) is 5.56. The molecule has 1 fully saturated rings. The van der Waals surface area contributed by atoms with E-state index in [0.29, 0.717) is 5.69 Å². The van der Waals surface area contributed by atoms with Gasteiger partial charge in [-0.05, 0) is 31.0 Å². The van der Waals surface area contributed by atoms with E-state index in [0.717, 1.165) is 43.2 Å². The number of benzene rings is 1. The fraction of sp³-hybridized carbons (Fsp3) is 0.500. The molecule has 2 N–H and O–H groups in total. The molecule has 0 spiro atoms. The number of nitrogens with zero attached hydrogens (tertiary/aromatic N) is 1. The van der Waals surface area contributed by atoms with Crippen molar-refractivity contribution in [1.82, 2.24) is 4.90 Å². The van der Waals surface area contributed by atoms with Gasteiger partial charge in [-0.25, -0.2) is 4.79 Å². The van der Waals surface area contributed by atoms with Gasteiger partial charge >= 0.3 is 5.97 Å². The summed E-state index contributed by atoms with van der Waals surface area (Å²) in [6, 6.07) is 4.97. The van der Waals surface area contributed by atoms with Crippen LogP contribution >= 0.6 is 15.9 Å². The van der Waals surface area contributed by atoms with Crippen molar-refractivity contribution < 1.29 is 14.3 Å². The number of halogens is 1. The lowest BCUT2D eigenvalue weighted by Crippen LogP contribution is -2.37. The quantitative estimate of drug-likeness (QED) is 0.657. The Labute approximate surface area is 138 Å². The summed E-state index contributed by atoms with van der Waals surface area (Å²) in [5, 5.41) is 0. The van der Waals surface area contributed by atoms with Crippen LogP contribution in [-0.2, 0) is 9.53 Å². The minimum Gasteiger partial charge on any atom is -0.452 e. The van der Waals surface area contributed by atoms with Crippen molar-refractivity contribution in [2.45, 2.75) is 32.1 Å². The number of esters is 1. The number of hydrogen-bond acceptors (Lipinski definition) is 4. The monoisotopic (exact) mass is 368 g/mol. The fourth-order valence-electron chi connectivity index (χ4n) is 2.50. The molecular formula is C16H21BrN2O3. The number of carbonyl (C=O) groups is 2. The molecule has 1 saturated heterocycles. The molecule has 0 aromatic heterocycles. The summed E-state index contributed by atoms with van der Waals surface area (Å²) in [5.74, 6) is -0.706. The Hall–Kier alpha value is -1.56. The van der Waals surface area contributed by atoms with E-state index in [1.54, 1.807) is 23.1 Å². The smallest absolute Gasteiger partial charge is 0.340 e. The van der Waals surface area contributed by atoms with Gasteiger partial charge in [-0.2, -0.15) is 0 Å². The molecule has 1 amide bonds. The molecule has 1 aliphatic rings. The molecule has 5 nitrogen and oxygen atoms in total.